The number of carbonyl (C=O) groups excluding carboxylic acids is 2. The van der Waals surface area contributed by atoms with Crippen molar-refractivity contribution in [1.29, 1.82) is 0 Å². The Morgan fingerprint density at radius 1 is 1.23 bits per heavy atom. The summed E-state index contributed by atoms with van der Waals surface area (Å²) in [6.45, 7) is 16.4. The molecular weight excluding hydrogens is 282 g/mol. The van der Waals surface area contributed by atoms with Crippen LogP contribution >= 0.6 is 0 Å². The Hall–Kier alpha value is -1.78. The van der Waals surface area contributed by atoms with Gasteiger partial charge in [-0.2, -0.15) is 0 Å². The first-order chi connectivity index (χ1) is 10.2. The molecule has 5 heteroatoms. The van der Waals surface area contributed by atoms with Gasteiger partial charge in [0.1, 0.15) is 11.7 Å². The first-order valence-electron chi connectivity index (χ1n) is 7.54. The van der Waals surface area contributed by atoms with Crippen LogP contribution < -0.4 is 0 Å². The van der Waals surface area contributed by atoms with Crippen LogP contribution in [0.2, 0.25) is 0 Å². The molecule has 0 heterocycles. The number of ether oxygens (including phenoxy) is 2. The van der Waals surface area contributed by atoms with E-state index in [1.807, 2.05) is 27.7 Å². The van der Waals surface area contributed by atoms with Crippen molar-refractivity contribution >= 4 is 12.1 Å². The fourth-order valence-corrected chi connectivity index (χ4v) is 2.10. The van der Waals surface area contributed by atoms with Crippen LogP contribution in [0.25, 0.3) is 0 Å². The highest BCUT2D eigenvalue weighted by molar-refractivity contribution is 5.69. The van der Waals surface area contributed by atoms with Crippen molar-refractivity contribution in [2.45, 2.75) is 65.2 Å². The van der Waals surface area contributed by atoms with Gasteiger partial charge in [0.05, 0.1) is 6.04 Å². The highest BCUT2D eigenvalue weighted by atomic mass is 16.6. The van der Waals surface area contributed by atoms with Crippen LogP contribution in [0, 0.1) is 0 Å². The molecule has 0 aliphatic carbocycles. The highest BCUT2D eigenvalue weighted by Gasteiger charge is 2.33. The van der Waals surface area contributed by atoms with E-state index >= 15 is 0 Å². The minimum atomic E-state index is -0.599. The second-order valence-corrected chi connectivity index (χ2v) is 6.07. The summed E-state index contributed by atoms with van der Waals surface area (Å²) >= 11 is 0. The monoisotopic (exact) mass is 311 g/mol. The lowest BCUT2D eigenvalue weighted by molar-refractivity contribution is -0.150. The molecule has 0 bridgehead atoms. The number of nitrogens with zero attached hydrogens (tertiary/aromatic N) is 1. The number of rotatable bonds is 8. The molecule has 0 fully saturated rings. The third-order valence-corrected chi connectivity index (χ3v) is 2.91. The summed E-state index contributed by atoms with van der Waals surface area (Å²) in [6, 6.07) is -0.334. The van der Waals surface area contributed by atoms with E-state index in [1.54, 1.807) is 12.2 Å². The second-order valence-electron chi connectivity index (χ2n) is 6.07. The van der Waals surface area contributed by atoms with Gasteiger partial charge < -0.3 is 9.47 Å². The molecule has 0 rings (SSSR count). The average Bonchev–Trinajstić information content (AvgIpc) is 2.38. The molecule has 0 saturated carbocycles. The van der Waals surface area contributed by atoms with Crippen molar-refractivity contribution in [3.05, 3.63) is 25.3 Å². The predicted octanol–water partition coefficient (Wildman–Crippen LogP) is 3.70. The van der Waals surface area contributed by atoms with Crippen molar-refractivity contribution in [2.75, 3.05) is 6.54 Å². The molecule has 0 aromatic carbocycles. The molecule has 0 saturated heterocycles. The van der Waals surface area contributed by atoms with E-state index in [1.165, 1.54) is 11.8 Å². The molecular formula is C17H29NO4. The zero-order valence-electron chi connectivity index (χ0n) is 14.4. The van der Waals surface area contributed by atoms with E-state index in [4.69, 9.17) is 9.47 Å². The Morgan fingerprint density at radius 2 is 1.82 bits per heavy atom. The summed E-state index contributed by atoms with van der Waals surface area (Å²) in [5.41, 5.74) is -0.599. The smallest absolute Gasteiger partial charge is 0.410 e. The number of esters is 1. The van der Waals surface area contributed by atoms with Crippen LogP contribution in [0.4, 0.5) is 4.79 Å². The molecule has 0 radical (unpaired) electrons. The topological polar surface area (TPSA) is 55.8 Å². The molecule has 126 valence electrons. The molecule has 0 aliphatic heterocycles. The van der Waals surface area contributed by atoms with Crippen LogP contribution in [0.5, 0.6) is 0 Å². The Kier molecular flexibility index (Phi) is 8.53. The Bertz CT molecular complexity index is 398. The maximum Gasteiger partial charge on any atom is 0.410 e. The average molecular weight is 311 g/mol. The summed E-state index contributed by atoms with van der Waals surface area (Å²) in [4.78, 5) is 25.3. The third kappa shape index (κ3) is 7.29. The molecule has 0 N–H and O–H groups in total. The second kappa shape index (κ2) is 9.28. The number of hydrogen-bond donors (Lipinski definition) is 0. The first-order valence-corrected chi connectivity index (χ1v) is 7.54. The van der Waals surface area contributed by atoms with Crippen molar-refractivity contribution in [3.8, 4) is 0 Å². The Balaban J connectivity index is 5.38. The van der Waals surface area contributed by atoms with Gasteiger partial charge in [0, 0.05) is 13.5 Å². The summed E-state index contributed by atoms with van der Waals surface area (Å²) in [6.07, 6.45) is 3.55. The van der Waals surface area contributed by atoms with Crippen LogP contribution in [-0.2, 0) is 14.3 Å². The molecule has 0 spiro atoms. The summed E-state index contributed by atoms with van der Waals surface area (Å²) < 4.78 is 10.8. The standard InChI is InChI=1S/C17H29NO4/c1-8-11-14(15(10-3)21-13(4)19)18(12-9-2)16(20)22-17(5,6)7/h8-9,14-15H,1-2,10-12H2,3-7H3/t14-,15-/m0/s1. The van der Waals surface area contributed by atoms with Gasteiger partial charge >= 0.3 is 12.1 Å². The van der Waals surface area contributed by atoms with Crippen LogP contribution in [0.3, 0.4) is 0 Å². The molecule has 0 unspecified atom stereocenters. The van der Waals surface area contributed by atoms with Crippen LogP contribution in [-0.4, -0.2) is 41.3 Å². The van der Waals surface area contributed by atoms with Crippen molar-refractivity contribution < 1.29 is 19.1 Å². The summed E-state index contributed by atoms with van der Waals surface area (Å²) in [5, 5.41) is 0. The van der Waals surface area contributed by atoms with Crippen molar-refractivity contribution in [1.82, 2.24) is 4.90 Å². The van der Waals surface area contributed by atoms with Gasteiger partial charge in [-0.25, -0.2) is 4.79 Å². The first kappa shape index (κ1) is 20.2. The quantitative estimate of drug-likeness (QED) is 0.506. The minimum Gasteiger partial charge on any atom is -0.460 e. The number of amides is 1. The number of hydrogen-bond acceptors (Lipinski definition) is 4. The Labute approximate surface area is 134 Å². The molecule has 0 aromatic rings. The summed E-state index contributed by atoms with van der Waals surface area (Å²) in [7, 11) is 0. The van der Waals surface area contributed by atoms with Gasteiger partial charge in [-0.3, -0.25) is 9.69 Å². The van der Waals surface area contributed by atoms with Gasteiger partial charge in [-0.05, 0) is 33.6 Å². The predicted molar refractivity (Wildman–Crippen MR) is 87.6 cm³/mol. The highest BCUT2D eigenvalue weighted by Crippen LogP contribution is 2.20. The summed E-state index contributed by atoms with van der Waals surface area (Å²) in [5.74, 6) is -0.372. The zero-order chi connectivity index (χ0) is 17.3. The van der Waals surface area contributed by atoms with Crippen molar-refractivity contribution in [2.24, 2.45) is 0 Å². The fraction of sp³-hybridized carbons (Fsp3) is 0.647. The van der Waals surface area contributed by atoms with E-state index in [0.29, 0.717) is 19.4 Å². The van der Waals surface area contributed by atoms with Gasteiger partial charge in [0.25, 0.3) is 0 Å². The van der Waals surface area contributed by atoms with Gasteiger partial charge in [-0.15, -0.1) is 13.2 Å². The zero-order valence-corrected chi connectivity index (χ0v) is 14.4. The molecule has 0 aromatic heterocycles. The SMILES string of the molecule is C=CC[C@@H]([C@H](CC)OC(C)=O)N(CC=C)C(=O)OC(C)(C)C. The lowest BCUT2D eigenvalue weighted by Crippen LogP contribution is -2.49. The van der Waals surface area contributed by atoms with Crippen molar-refractivity contribution in [3.63, 3.8) is 0 Å². The molecule has 5 nitrogen and oxygen atoms in total. The lowest BCUT2D eigenvalue weighted by Gasteiger charge is -2.36. The maximum atomic E-state index is 12.5. The van der Waals surface area contributed by atoms with Gasteiger partial charge in [-0.1, -0.05) is 19.1 Å². The maximum absolute atomic E-state index is 12.5. The molecule has 0 aliphatic rings. The fourth-order valence-electron chi connectivity index (χ4n) is 2.10. The van der Waals surface area contributed by atoms with E-state index in [2.05, 4.69) is 13.2 Å². The lowest BCUT2D eigenvalue weighted by atomic mass is 10.0. The van der Waals surface area contributed by atoms with E-state index in [-0.39, 0.29) is 12.0 Å². The van der Waals surface area contributed by atoms with E-state index < -0.39 is 17.8 Å². The van der Waals surface area contributed by atoms with Gasteiger partial charge in [0.2, 0.25) is 0 Å². The normalized spacial score (nSPS) is 13.7. The van der Waals surface area contributed by atoms with Crippen LogP contribution in [0.15, 0.2) is 25.3 Å². The van der Waals surface area contributed by atoms with Gasteiger partial charge in [0.15, 0.2) is 0 Å². The number of carbonyl (C=O) groups is 2. The Morgan fingerprint density at radius 3 is 2.18 bits per heavy atom. The van der Waals surface area contributed by atoms with Crippen LogP contribution in [0.1, 0.15) is 47.5 Å². The largest absolute Gasteiger partial charge is 0.460 e. The van der Waals surface area contributed by atoms with E-state index in [9.17, 15) is 9.59 Å². The third-order valence-electron chi connectivity index (χ3n) is 2.91. The molecule has 22 heavy (non-hydrogen) atoms. The molecule has 2 atom stereocenters. The molecule has 1 amide bonds. The van der Waals surface area contributed by atoms with E-state index in [0.717, 1.165) is 0 Å². The minimum absolute atomic E-state index is 0.311.